The van der Waals surface area contributed by atoms with Crippen molar-refractivity contribution in [2.45, 2.75) is 32.2 Å². The predicted octanol–water partition coefficient (Wildman–Crippen LogP) is 2.19. The molecule has 0 saturated carbocycles. The molecule has 1 aromatic heterocycles. The molecule has 2 rings (SSSR count). The van der Waals surface area contributed by atoms with Crippen LogP contribution in [0.2, 0.25) is 0 Å². The fraction of sp³-hybridized carbons (Fsp3) is 0.643. The maximum Gasteiger partial charge on any atom is 0.150 e. The third-order valence-corrected chi connectivity index (χ3v) is 5.99. The molecule has 0 amide bonds. The molecule has 6 heteroatoms. The third-order valence-electron chi connectivity index (χ3n) is 3.68. The molecule has 1 fully saturated rings. The Morgan fingerprint density at radius 2 is 2.30 bits per heavy atom. The predicted molar refractivity (Wildman–Crippen MR) is 84.5 cm³/mol. The summed E-state index contributed by atoms with van der Waals surface area (Å²) in [6.07, 6.45) is 4.36. The maximum absolute atomic E-state index is 11.5. The topological polar surface area (TPSA) is 59.1 Å². The Kier molecular flexibility index (Phi) is 5.57. The summed E-state index contributed by atoms with van der Waals surface area (Å²) < 4.78 is 24.1. The minimum atomic E-state index is -2.78. The number of aromatic nitrogens is 1. The van der Waals surface area contributed by atoms with Crippen molar-refractivity contribution < 1.29 is 8.42 Å². The van der Waals surface area contributed by atoms with E-state index in [9.17, 15) is 8.42 Å². The van der Waals surface area contributed by atoms with E-state index in [1.807, 2.05) is 12.1 Å². The van der Waals surface area contributed by atoms with E-state index in [1.165, 1.54) is 0 Å². The number of halogens is 1. The van der Waals surface area contributed by atoms with Gasteiger partial charge in [0.1, 0.15) is 0 Å². The molecule has 1 aliphatic rings. The zero-order chi connectivity index (χ0) is 14.6. The molecule has 0 aliphatic carbocycles. The Morgan fingerprint density at radius 3 is 2.85 bits per heavy atom. The Labute approximate surface area is 129 Å². The largest absolute Gasteiger partial charge is 0.314 e. The quantitative estimate of drug-likeness (QED) is 0.844. The normalized spacial score (nSPS) is 22.8. The van der Waals surface area contributed by atoms with E-state index in [0.717, 1.165) is 36.0 Å². The highest BCUT2D eigenvalue weighted by atomic mass is 79.9. The van der Waals surface area contributed by atoms with Gasteiger partial charge in [0.15, 0.2) is 9.84 Å². The van der Waals surface area contributed by atoms with E-state index >= 15 is 0 Å². The molecule has 4 nitrogen and oxygen atoms in total. The standard InChI is InChI=1S/C14H21BrN2O2S/c1-2-16-14(7-11-5-6-20(18,19)10-11)8-13-4-3-12(15)9-17-13/h3-4,9,11,14,16H,2,5-8,10H2,1H3. The van der Waals surface area contributed by atoms with Gasteiger partial charge in [0.25, 0.3) is 0 Å². The van der Waals surface area contributed by atoms with Crippen molar-refractivity contribution >= 4 is 25.8 Å². The Balaban J connectivity index is 1.95. The van der Waals surface area contributed by atoms with Crippen LogP contribution in [-0.2, 0) is 16.3 Å². The molecule has 2 atom stereocenters. The van der Waals surface area contributed by atoms with Crippen LogP contribution in [0.5, 0.6) is 0 Å². The fourth-order valence-electron chi connectivity index (χ4n) is 2.77. The summed E-state index contributed by atoms with van der Waals surface area (Å²) in [6.45, 7) is 2.97. The molecule has 1 aliphatic heterocycles. The van der Waals surface area contributed by atoms with Crippen LogP contribution in [0.4, 0.5) is 0 Å². The Hall–Kier alpha value is -0.460. The summed E-state index contributed by atoms with van der Waals surface area (Å²) in [5.74, 6) is 0.995. The highest BCUT2D eigenvalue weighted by Gasteiger charge is 2.29. The smallest absolute Gasteiger partial charge is 0.150 e. The molecular weight excluding hydrogens is 340 g/mol. The molecule has 2 heterocycles. The van der Waals surface area contributed by atoms with Crippen LogP contribution >= 0.6 is 15.9 Å². The number of likely N-dealkylation sites (N-methyl/N-ethyl adjacent to an activating group) is 1. The number of hydrogen-bond acceptors (Lipinski definition) is 4. The monoisotopic (exact) mass is 360 g/mol. The first-order valence-corrected chi connectivity index (χ1v) is 9.64. The lowest BCUT2D eigenvalue weighted by Crippen LogP contribution is -2.33. The van der Waals surface area contributed by atoms with E-state index in [0.29, 0.717) is 23.5 Å². The lowest BCUT2D eigenvalue weighted by Gasteiger charge is -2.20. The number of nitrogens with zero attached hydrogens (tertiary/aromatic N) is 1. The van der Waals surface area contributed by atoms with Gasteiger partial charge in [-0.3, -0.25) is 4.98 Å². The van der Waals surface area contributed by atoms with Crippen molar-refractivity contribution in [2.24, 2.45) is 5.92 Å². The molecule has 0 radical (unpaired) electrons. The maximum atomic E-state index is 11.5. The van der Waals surface area contributed by atoms with Crippen molar-refractivity contribution in [2.75, 3.05) is 18.1 Å². The van der Waals surface area contributed by atoms with E-state index < -0.39 is 9.84 Å². The number of pyridine rings is 1. The number of sulfone groups is 1. The van der Waals surface area contributed by atoms with Gasteiger partial charge in [0.2, 0.25) is 0 Å². The van der Waals surface area contributed by atoms with Crippen molar-refractivity contribution in [3.63, 3.8) is 0 Å². The highest BCUT2D eigenvalue weighted by Crippen LogP contribution is 2.24. The van der Waals surface area contributed by atoms with Gasteiger partial charge in [0, 0.05) is 28.8 Å². The van der Waals surface area contributed by atoms with E-state index in [2.05, 4.69) is 33.2 Å². The van der Waals surface area contributed by atoms with Gasteiger partial charge in [-0.25, -0.2) is 8.42 Å². The first-order valence-electron chi connectivity index (χ1n) is 7.02. The first kappa shape index (κ1) is 15.9. The van der Waals surface area contributed by atoms with Crippen LogP contribution in [0, 0.1) is 5.92 Å². The summed E-state index contributed by atoms with van der Waals surface area (Å²) in [4.78, 5) is 4.40. The summed E-state index contributed by atoms with van der Waals surface area (Å²) in [7, 11) is -2.78. The Morgan fingerprint density at radius 1 is 1.50 bits per heavy atom. The van der Waals surface area contributed by atoms with Gasteiger partial charge in [-0.2, -0.15) is 0 Å². The average Bonchev–Trinajstić information content (AvgIpc) is 2.72. The molecule has 2 unspecified atom stereocenters. The molecule has 1 N–H and O–H groups in total. The van der Waals surface area contributed by atoms with Gasteiger partial charge >= 0.3 is 0 Å². The van der Waals surface area contributed by atoms with Crippen molar-refractivity contribution in [3.05, 3.63) is 28.5 Å². The van der Waals surface area contributed by atoms with Crippen LogP contribution in [0.15, 0.2) is 22.8 Å². The molecule has 0 bridgehead atoms. The van der Waals surface area contributed by atoms with E-state index in [4.69, 9.17) is 0 Å². The lowest BCUT2D eigenvalue weighted by atomic mass is 9.96. The second-order valence-corrected chi connectivity index (χ2v) is 8.58. The minimum Gasteiger partial charge on any atom is -0.314 e. The molecular formula is C14H21BrN2O2S. The van der Waals surface area contributed by atoms with Gasteiger partial charge < -0.3 is 5.32 Å². The number of nitrogens with one attached hydrogen (secondary N) is 1. The molecule has 1 saturated heterocycles. The lowest BCUT2D eigenvalue weighted by molar-refractivity contribution is 0.407. The summed E-state index contributed by atoms with van der Waals surface area (Å²) in [6, 6.07) is 4.30. The highest BCUT2D eigenvalue weighted by molar-refractivity contribution is 9.10. The second kappa shape index (κ2) is 7.00. The molecule has 0 spiro atoms. The molecule has 112 valence electrons. The van der Waals surface area contributed by atoms with Gasteiger partial charge in [-0.1, -0.05) is 6.92 Å². The van der Waals surface area contributed by atoms with E-state index in [1.54, 1.807) is 6.20 Å². The van der Waals surface area contributed by atoms with Crippen molar-refractivity contribution in [3.8, 4) is 0 Å². The SMILES string of the molecule is CCNC(Cc1ccc(Br)cn1)CC1CCS(=O)(=O)C1. The van der Waals surface area contributed by atoms with Gasteiger partial charge in [-0.15, -0.1) is 0 Å². The summed E-state index contributed by atoms with van der Waals surface area (Å²) in [5.41, 5.74) is 1.04. The summed E-state index contributed by atoms with van der Waals surface area (Å²) >= 11 is 3.38. The van der Waals surface area contributed by atoms with Crippen molar-refractivity contribution in [1.29, 1.82) is 0 Å². The summed E-state index contributed by atoms with van der Waals surface area (Å²) in [5, 5.41) is 3.45. The van der Waals surface area contributed by atoms with Crippen molar-refractivity contribution in [1.82, 2.24) is 10.3 Å². The number of rotatable bonds is 6. The van der Waals surface area contributed by atoms with Crippen LogP contribution in [0.1, 0.15) is 25.5 Å². The molecule has 20 heavy (non-hydrogen) atoms. The second-order valence-electron chi connectivity index (χ2n) is 5.43. The molecule has 0 aromatic carbocycles. The zero-order valence-electron chi connectivity index (χ0n) is 11.7. The van der Waals surface area contributed by atoms with Gasteiger partial charge in [0.05, 0.1) is 11.5 Å². The Bertz CT molecular complexity index is 531. The van der Waals surface area contributed by atoms with Crippen LogP contribution in [0.25, 0.3) is 0 Å². The van der Waals surface area contributed by atoms with Gasteiger partial charge in [-0.05, 0) is 53.4 Å². The van der Waals surface area contributed by atoms with Crippen LogP contribution < -0.4 is 5.32 Å². The first-order chi connectivity index (χ1) is 9.48. The zero-order valence-corrected chi connectivity index (χ0v) is 14.1. The minimum absolute atomic E-state index is 0.291. The van der Waals surface area contributed by atoms with Crippen LogP contribution in [-0.4, -0.2) is 37.5 Å². The average molecular weight is 361 g/mol. The van der Waals surface area contributed by atoms with Crippen LogP contribution in [0.3, 0.4) is 0 Å². The van der Waals surface area contributed by atoms with E-state index in [-0.39, 0.29) is 0 Å². The number of hydrogen-bond donors (Lipinski definition) is 1. The fourth-order valence-corrected chi connectivity index (χ4v) is 4.88. The molecule has 1 aromatic rings. The third kappa shape index (κ3) is 4.82.